The lowest BCUT2D eigenvalue weighted by atomic mass is 10.0. The molecule has 2 aromatic rings. The number of carbonyl (C=O) groups excluding carboxylic acids is 1. The zero-order valence-corrected chi connectivity index (χ0v) is 13.2. The number of carbonyl (C=O) groups is 1. The van der Waals surface area contributed by atoms with E-state index in [-0.39, 0.29) is 5.91 Å². The lowest BCUT2D eigenvalue weighted by molar-refractivity contribution is -0.111. The van der Waals surface area contributed by atoms with Crippen LogP contribution in [0.25, 0.3) is 11.3 Å². The lowest BCUT2D eigenvalue weighted by Gasteiger charge is -2.03. The van der Waals surface area contributed by atoms with Gasteiger partial charge in [0.15, 0.2) is 5.13 Å². The van der Waals surface area contributed by atoms with Gasteiger partial charge in [-0.1, -0.05) is 42.0 Å². The Kier molecular flexibility index (Phi) is 5.06. The number of amides is 1. The normalized spacial score (nSPS) is 11.4. The van der Waals surface area contributed by atoms with Crippen LogP contribution < -0.4 is 5.32 Å². The van der Waals surface area contributed by atoms with Gasteiger partial charge in [-0.05, 0) is 26.3 Å². The molecule has 3 nitrogen and oxygen atoms in total. The summed E-state index contributed by atoms with van der Waals surface area (Å²) in [6, 6.07) is 6.27. The molecule has 1 aromatic heterocycles. The molecule has 0 atom stereocenters. The van der Waals surface area contributed by atoms with Gasteiger partial charge in [0.25, 0.3) is 0 Å². The SMILES string of the molecule is C/C=C/C=C/C(=O)Nc1nc(-c2ccc(C)cc2C)cs1. The van der Waals surface area contributed by atoms with Crippen LogP contribution in [-0.2, 0) is 4.79 Å². The van der Waals surface area contributed by atoms with Crippen molar-refractivity contribution >= 4 is 22.4 Å². The first-order chi connectivity index (χ1) is 10.1. The molecule has 0 saturated heterocycles. The van der Waals surface area contributed by atoms with Crippen molar-refractivity contribution in [2.45, 2.75) is 20.8 Å². The van der Waals surface area contributed by atoms with E-state index in [1.807, 2.05) is 24.5 Å². The largest absolute Gasteiger partial charge is 0.298 e. The van der Waals surface area contributed by atoms with E-state index in [1.165, 1.54) is 28.5 Å². The Balaban J connectivity index is 2.13. The number of hydrogen-bond donors (Lipinski definition) is 1. The van der Waals surface area contributed by atoms with Crippen LogP contribution in [-0.4, -0.2) is 10.9 Å². The fraction of sp³-hybridized carbons (Fsp3) is 0.176. The van der Waals surface area contributed by atoms with E-state index < -0.39 is 0 Å². The van der Waals surface area contributed by atoms with Crippen molar-refractivity contribution in [1.29, 1.82) is 0 Å². The highest BCUT2D eigenvalue weighted by molar-refractivity contribution is 7.14. The minimum atomic E-state index is -0.172. The van der Waals surface area contributed by atoms with Crippen LogP contribution in [0, 0.1) is 13.8 Å². The topological polar surface area (TPSA) is 42.0 Å². The number of aromatic nitrogens is 1. The second-order valence-electron chi connectivity index (χ2n) is 4.73. The molecular weight excluding hydrogens is 280 g/mol. The van der Waals surface area contributed by atoms with Crippen molar-refractivity contribution in [1.82, 2.24) is 4.98 Å². The van der Waals surface area contributed by atoms with Crippen LogP contribution in [0.2, 0.25) is 0 Å². The van der Waals surface area contributed by atoms with Crippen molar-refractivity contribution in [3.05, 3.63) is 59.0 Å². The maximum atomic E-state index is 11.7. The highest BCUT2D eigenvalue weighted by Crippen LogP contribution is 2.27. The first-order valence-electron chi connectivity index (χ1n) is 6.73. The Morgan fingerprint density at radius 3 is 2.81 bits per heavy atom. The fourth-order valence-electron chi connectivity index (χ4n) is 1.96. The molecule has 108 valence electrons. The summed E-state index contributed by atoms with van der Waals surface area (Å²) in [5, 5.41) is 5.34. The maximum absolute atomic E-state index is 11.7. The number of nitrogens with one attached hydrogen (secondary N) is 1. The zero-order valence-electron chi connectivity index (χ0n) is 12.4. The van der Waals surface area contributed by atoms with E-state index >= 15 is 0 Å². The molecule has 2 rings (SSSR count). The molecule has 0 bridgehead atoms. The van der Waals surface area contributed by atoms with E-state index in [1.54, 1.807) is 6.08 Å². The number of nitrogens with zero attached hydrogens (tertiary/aromatic N) is 1. The molecule has 0 fully saturated rings. The van der Waals surface area contributed by atoms with Crippen LogP contribution in [0.5, 0.6) is 0 Å². The average Bonchev–Trinajstić information content (AvgIpc) is 2.87. The lowest BCUT2D eigenvalue weighted by Crippen LogP contribution is -2.07. The van der Waals surface area contributed by atoms with Gasteiger partial charge in [0.1, 0.15) is 0 Å². The zero-order chi connectivity index (χ0) is 15.2. The first-order valence-corrected chi connectivity index (χ1v) is 7.61. The van der Waals surface area contributed by atoms with Gasteiger partial charge in [-0.15, -0.1) is 11.3 Å². The Morgan fingerprint density at radius 2 is 2.10 bits per heavy atom. The molecule has 1 amide bonds. The molecule has 0 spiro atoms. The van der Waals surface area contributed by atoms with Gasteiger partial charge in [0, 0.05) is 17.0 Å². The third-order valence-corrected chi connectivity index (χ3v) is 3.70. The van der Waals surface area contributed by atoms with Gasteiger partial charge >= 0.3 is 0 Å². The van der Waals surface area contributed by atoms with Crippen LogP contribution in [0.15, 0.2) is 47.9 Å². The molecular formula is C17H18N2OS. The molecule has 0 aliphatic heterocycles. The summed E-state index contributed by atoms with van der Waals surface area (Å²) in [7, 11) is 0. The van der Waals surface area contributed by atoms with Crippen molar-refractivity contribution in [3.63, 3.8) is 0 Å². The molecule has 1 aromatic carbocycles. The standard InChI is InChI=1S/C17H18N2OS/c1-4-5-6-7-16(20)19-17-18-15(11-21-17)14-9-8-12(2)10-13(14)3/h4-11H,1-3H3,(H,18,19,20)/b5-4+,7-6+. The molecule has 21 heavy (non-hydrogen) atoms. The number of aryl methyl sites for hydroxylation is 2. The number of thiazole rings is 1. The van der Waals surface area contributed by atoms with Gasteiger partial charge in [0.05, 0.1) is 5.69 Å². The van der Waals surface area contributed by atoms with Gasteiger partial charge < -0.3 is 0 Å². The number of benzene rings is 1. The van der Waals surface area contributed by atoms with Gasteiger partial charge in [-0.25, -0.2) is 4.98 Å². The highest BCUT2D eigenvalue weighted by Gasteiger charge is 2.08. The van der Waals surface area contributed by atoms with Crippen molar-refractivity contribution in [3.8, 4) is 11.3 Å². The minimum absolute atomic E-state index is 0.172. The van der Waals surface area contributed by atoms with E-state index in [9.17, 15) is 4.79 Å². The average molecular weight is 298 g/mol. The van der Waals surface area contributed by atoms with Crippen LogP contribution >= 0.6 is 11.3 Å². The molecule has 0 unspecified atom stereocenters. The number of rotatable bonds is 4. The van der Waals surface area contributed by atoms with Gasteiger partial charge in [-0.2, -0.15) is 0 Å². The molecule has 0 radical (unpaired) electrons. The highest BCUT2D eigenvalue weighted by atomic mass is 32.1. The van der Waals surface area contributed by atoms with Crippen LogP contribution in [0.3, 0.4) is 0 Å². The van der Waals surface area contributed by atoms with Crippen molar-refractivity contribution in [2.24, 2.45) is 0 Å². The third kappa shape index (κ3) is 4.13. The predicted molar refractivity (Wildman–Crippen MR) is 89.6 cm³/mol. The summed E-state index contributed by atoms with van der Waals surface area (Å²) in [5.41, 5.74) is 4.41. The van der Waals surface area contributed by atoms with E-state index in [0.717, 1.165) is 11.3 Å². The summed E-state index contributed by atoms with van der Waals surface area (Å²) in [6.07, 6.45) is 6.86. The predicted octanol–water partition coefficient (Wildman–Crippen LogP) is 4.50. The van der Waals surface area contributed by atoms with E-state index in [0.29, 0.717) is 5.13 Å². The summed E-state index contributed by atoms with van der Waals surface area (Å²) >= 11 is 1.43. The van der Waals surface area contributed by atoms with Crippen molar-refractivity contribution in [2.75, 3.05) is 5.32 Å². The summed E-state index contributed by atoms with van der Waals surface area (Å²) in [4.78, 5) is 16.2. The quantitative estimate of drug-likeness (QED) is 0.667. The molecule has 0 aliphatic rings. The second-order valence-corrected chi connectivity index (χ2v) is 5.59. The monoisotopic (exact) mass is 298 g/mol. The summed E-state index contributed by atoms with van der Waals surface area (Å²) in [6.45, 7) is 6.04. The van der Waals surface area contributed by atoms with Gasteiger partial charge in [0.2, 0.25) is 5.91 Å². The summed E-state index contributed by atoms with van der Waals surface area (Å²) in [5.74, 6) is -0.172. The Labute approximate surface area is 129 Å². The molecule has 1 N–H and O–H groups in total. The van der Waals surface area contributed by atoms with E-state index in [2.05, 4.69) is 42.3 Å². The number of allylic oxidation sites excluding steroid dienone is 3. The fourth-order valence-corrected chi connectivity index (χ4v) is 2.67. The Morgan fingerprint density at radius 1 is 1.29 bits per heavy atom. The number of hydrogen-bond acceptors (Lipinski definition) is 3. The van der Waals surface area contributed by atoms with Gasteiger partial charge in [-0.3, -0.25) is 10.1 Å². The van der Waals surface area contributed by atoms with Crippen LogP contribution in [0.4, 0.5) is 5.13 Å². The second kappa shape index (κ2) is 6.99. The minimum Gasteiger partial charge on any atom is -0.298 e. The van der Waals surface area contributed by atoms with Crippen molar-refractivity contribution < 1.29 is 4.79 Å². The smallest absolute Gasteiger partial charge is 0.250 e. The molecule has 1 heterocycles. The van der Waals surface area contributed by atoms with E-state index in [4.69, 9.17) is 0 Å². The third-order valence-electron chi connectivity index (χ3n) is 2.94. The Hall–Kier alpha value is -2.20. The Bertz CT molecular complexity index is 699. The van der Waals surface area contributed by atoms with Crippen LogP contribution in [0.1, 0.15) is 18.1 Å². The molecule has 0 saturated carbocycles. The first kappa shape index (κ1) is 15.2. The molecule has 4 heteroatoms. The molecule has 0 aliphatic carbocycles. The maximum Gasteiger partial charge on any atom is 0.250 e. The summed E-state index contributed by atoms with van der Waals surface area (Å²) < 4.78 is 0. The number of anilines is 1.